The number of hydrogen-bond donors (Lipinski definition) is 0. The van der Waals surface area contributed by atoms with Crippen LogP contribution >= 0.6 is 0 Å². The summed E-state index contributed by atoms with van der Waals surface area (Å²) in [6.45, 7) is 0. The Balaban J connectivity index is 1.15. The molecule has 58 heavy (non-hydrogen) atoms. The van der Waals surface area contributed by atoms with Crippen LogP contribution in [-0.4, -0.2) is 4.57 Å². The van der Waals surface area contributed by atoms with Crippen LogP contribution < -0.4 is 4.90 Å². The van der Waals surface area contributed by atoms with E-state index in [9.17, 15) is 11.0 Å². The van der Waals surface area contributed by atoms with E-state index in [1.165, 1.54) is 4.90 Å². The third-order valence-electron chi connectivity index (χ3n) is 10.9. The van der Waals surface area contributed by atoms with Crippen molar-refractivity contribution in [3.63, 3.8) is 0 Å². The molecule has 0 fully saturated rings. The van der Waals surface area contributed by atoms with Crippen LogP contribution in [0.25, 0.3) is 82.4 Å². The lowest BCUT2D eigenvalue weighted by Crippen LogP contribution is -2.10. The summed E-state index contributed by atoms with van der Waals surface area (Å²) in [5.74, 6) is 0. The first-order valence-corrected chi connectivity index (χ1v) is 19.3. The Hall–Kier alpha value is -7.68. The molecule has 0 aliphatic carbocycles. The van der Waals surface area contributed by atoms with Gasteiger partial charge in [-0.25, -0.2) is 0 Å². The SMILES string of the molecule is [2H]c1c([2H])c(N(c2cccc(-c3cccc4c3c3ccccc3n4-c3ccccc3)c2)c2c([2H])c([2H])c(-c3ccc4c(ccc5ccccc54)c3)c([2H])c2[2H])c([2H])c([2H])c1-c1ccccc1. The molecule has 2 heteroatoms. The van der Waals surface area contributed by atoms with Crippen LogP contribution in [0.5, 0.6) is 0 Å². The number of benzene rings is 10. The Labute approximate surface area is 349 Å². The molecule has 0 aliphatic rings. The number of anilines is 3. The molecule has 0 radical (unpaired) electrons. The lowest BCUT2D eigenvalue weighted by Gasteiger charge is -2.26. The first-order chi connectivity index (χ1) is 32.1. The van der Waals surface area contributed by atoms with Gasteiger partial charge in [0.15, 0.2) is 0 Å². The van der Waals surface area contributed by atoms with Gasteiger partial charge in [0, 0.05) is 33.5 Å². The van der Waals surface area contributed by atoms with Crippen molar-refractivity contribution < 1.29 is 11.0 Å². The van der Waals surface area contributed by atoms with Crippen molar-refractivity contribution >= 4 is 60.4 Å². The summed E-state index contributed by atoms with van der Waals surface area (Å²) in [4.78, 5) is 1.38. The van der Waals surface area contributed by atoms with E-state index in [0.29, 0.717) is 16.8 Å². The monoisotopic (exact) mass is 746 g/mol. The summed E-state index contributed by atoms with van der Waals surface area (Å²) in [5.41, 5.74) is 5.82. The average molecular weight is 747 g/mol. The van der Waals surface area contributed by atoms with Gasteiger partial charge < -0.3 is 9.47 Å². The molecule has 0 amide bonds. The highest BCUT2D eigenvalue weighted by Crippen LogP contribution is 2.42. The Morgan fingerprint density at radius 3 is 1.71 bits per heavy atom. The molecule has 10 aromatic carbocycles. The third kappa shape index (κ3) is 5.82. The number of para-hydroxylation sites is 2. The third-order valence-corrected chi connectivity index (χ3v) is 10.9. The van der Waals surface area contributed by atoms with Crippen molar-refractivity contribution in [3.8, 4) is 39.1 Å². The van der Waals surface area contributed by atoms with E-state index >= 15 is 0 Å². The fourth-order valence-electron chi connectivity index (χ4n) is 8.20. The number of rotatable bonds is 7. The molecule has 11 aromatic rings. The summed E-state index contributed by atoms with van der Waals surface area (Å²) < 4.78 is 78.4. The van der Waals surface area contributed by atoms with Gasteiger partial charge >= 0.3 is 0 Å². The lowest BCUT2D eigenvalue weighted by molar-refractivity contribution is 1.18. The van der Waals surface area contributed by atoms with Gasteiger partial charge in [0.05, 0.1) is 22.0 Å². The average Bonchev–Trinajstić information content (AvgIpc) is 3.70. The first-order valence-electron chi connectivity index (χ1n) is 23.3. The summed E-state index contributed by atoms with van der Waals surface area (Å²) in [7, 11) is 0. The summed E-state index contributed by atoms with van der Waals surface area (Å²) in [5, 5.41) is 6.05. The van der Waals surface area contributed by atoms with Crippen LogP contribution in [0.15, 0.2) is 230 Å². The normalized spacial score (nSPS) is 13.4. The second kappa shape index (κ2) is 14.1. The second-order valence-electron chi connectivity index (χ2n) is 14.3. The van der Waals surface area contributed by atoms with Gasteiger partial charge in [-0.1, -0.05) is 164 Å². The molecule has 0 unspecified atom stereocenters. The Bertz CT molecular complexity index is 3700. The second-order valence-corrected chi connectivity index (χ2v) is 14.3. The number of nitrogens with zero attached hydrogens (tertiary/aromatic N) is 2. The number of hydrogen-bond acceptors (Lipinski definition) is 1. The summed E-state index contributed by atoms with van der Waals surface area (Å²) in [6, 6.07) is 55.6. The van der Waals surface area contributed by atoms with Crippen molar-refractivity contribution in [2.75, 3.05) is 4.90 Å². The van der Waals surface area contributed by atoms with Gasteiger partial charge in [0.1, 0.15) is 0 Å². The molecule has 0 N–H and O–H groups in total. The number of fused-ring (bicyclic) bond motifs is 6. The van der Waals surface area contributed by atoms with E-state index in [-0.39, 0.29) is 46.7 Å². The molecular formula is C56H38N2. The smallest absolute Gasteiger partial charge is 0.0645 e. The summed E-state index contributed by atoms with van der Waals surface area (Å²) >= 11 is 0. The molecule has 272 valence electrons. The van der Waals surface area contributed by atoms with Crippen LogP contribution in [0, 0.1) is 0 Å². The Kier molecular flexibility index (Phi) is 6.38. The van der Waals surface area contributed by atoms with Gasteiger partial charge in [-0.15, -0.1) is 0 Å². The van der Waals surface area contributed by atoms with Crippen LogP contribution in [0.1, 0.15) is 11.0 Å². The molecule has 0 spiro atoms. The predicted octanol–water partition coefficient (Wildman–Crippen LogP) is 15.6. The molecule has 0 atom stereocenters. The fraction of sp³-hybridized carbons (Fsp3) is 0. The van der Waals surface area contributed by atoms with Crippen molar-refractivity contribution in [3.05, 3.63) is 230 Å². The lowest BCUT2D eigenvalue weighted by atomic mass is 9.97. The van der Waals surface area contributed by atoms with Crippen molar-refractivity contribution in [1.29, 1.82) is 0 Å². The maximum Gasteiger partial charge on any atom is 0.0645 e. The zero-order valence-corrected chi connectivity index (χ0v) is 31.2. The van der Waals surface area contributed by atoms with Gasteiger partial charge in [-0.2, -0.15) is 0 Å². The molecular weight excluding hydrogens is 701 g/mol. The quantitative estimate of drug-likeness (QED) is 0.147. The molecule has 0 saturated carbocycles. The minimum atomic E-state index is -0.396. The highest BCUT2D eigenvalue weighted by Gasteiger charge is 2.18. The van der Waals surface area contributed by atoms with Gasteiger partial charge in [0.25, 0.3) is 0 Å². The molecule has 1 aromatic heterocycles. The fourth-order valence-corrected chi connectivity index (χ4v) is 8.20. The predicted molar refractivity (Wildman–Crippen MR) is 247 cm³/mol. The topological polar surface area (TPSA) is 8.17 Å². The van der Waals surface area contributed by atoms with Gasteiger partial charge in [-0.05, 0) is 122 Å². The van der Waals surface area contributed by atoms with Crippen molar-refractivity contribution in [1.82, 2.24) is 4.57 Å². The highest BCUT2D eigenvalue weighted by atomic mass is 15.1. The zero-order valence-electron chi connectivity index (χ0n) is 39.2. The molecule has 0 bridgehead atoms. The molecule has 2 nitrogen and oxygen atoms in total. The van der Waals surface area contributed by atoms with E-state index in [4.69, 9.17) is 0 Å². The zero-order chi connectivity index (χ0) is 45.4. The van der Waals surface area contributed by atoms with Crippen molar-refractivity contribution in [2.45, 2.75) is 0 Å². The largest absolute Gasteiger partial charge is 0.310 e. The summed E-state index contributed by atoms with van der Waals surface area (Å²) in [6.07, 6.45) is 0. The standard InChI is InChI=1S/C56H38N2/c1-3-13-39(14-4-1)40-27-32-47(33-28-40)57(48-34-29-41(30-35-48)43-31-36-51-45(37-43)26-25-42-15-7-8-20-50(42)51)49-19-11-16-44(38-49)52-22-12-24-55-56(52)53-21-9-10-23-54(53)58(55)46-17-5-2-6-18-46/h1-38H/i27D,28D,29D,30D,32D,33D,34D,35D. The van der Waals surface area contributed by atoms with Crippen LogP contribution in [0.4, 0.5) is 17.1 Å². The van der Waals surface area contributed by atoms with E-state index in [1.807, 2.05) is 121 Å². The molecule has 11 rings (SSSR count). The van der Waals surface area contributed by atoms with E-state index in [2.05, 4.69) is 34.9 Å². The Morgan fingerprint density at radius 2 is 0.931 bits per heavy atom. The van der Waals surface area contributed by atoms with E-state index in [1.54, 1.807) is 30.3 Å². The van der Waals surface area contributed by atoms with Crippen molar-refractivity contribution in [2.24, 2.45) is 0 Å². The van der Waals surface area contributed by atoms with E-state index < -0.39 is 24.2 Å². The molecule has 1 heterocycles. The maximum atomic E-state index is 9.70. The number of aromatic nitrogens is 1. The van der Waals surface area contributed by atoms with Crippen LogP contribution in [0.3, 0.4) is 0 Å². The van der Waals surface area contributed by atoms with Gasteiger partial charge in [-0.3, -0.25) is 0 Å². The minimum absolute atomic E-state index is 0.109. The molecule has 0 aliphatic heterocycles. The Morgan fingerprint density at radius 1 is 0.345 bits per heavy atom. The first kappa shape index (κ1) is 26.2. The van der Waals surface area contributed by atoms with Crippen LogP contribution in [-0.2, 0) is 0 Å². The van der Waals surface area contributed by atoms with E-state index in [0.717, 1.165) is 60.2 Å². The maximum absolute atomic E-state index is 9.70. The van der Waals surface area contributed by atoms with Gasteiger partial charge in [0.2, 0.25) is 0 Å². The highest BCUT2D eigenvalue weighted by molar-refractivity contribution is 6.16. The van der Waals surface area contributed by atoms with Crippen LogP contribution in [0.2, 0.25) is 0 Å². The minimum Gasteiger partial charge on any atom is -0.310 e. The molecule has 0 saturated heterocycles.